The van der Waals surface area contributed by atoms with Crippen LogP contribution in [-0.4, -0.2) is 89.5 Å². The third-order valence-corrected chi connectivity index (χ3v) is 6.50. The highest BCUT2D eigenvalue weighted by molar-refractivity contribution is 5.84. The summed E-state index contributed by atoms with van der Waals surface area (Å²) in [6.45, 7) is 11.6. The molecule has 0 aliphatic carbocycles. The fraction of sp³-hybridized carbons (Fsp3) is 0.556. The van der Waals surface area contributed by atoms with Crippen molar-refractivity contribution in [3.05, 3.63) is 42.0 Å². The highest BCUT2D eigenvalue weighted by Gasteiger charge is 2.29. The van der Waals surface area contributed by atoms with Crippen LogP contribution in [0.4, 0.5) is 10.6 Å². The normalized spacial score (nSPS) is 18.3. The predicted molar refractivity (Wildman–Crippen MR) is 140 cm³/mol. The molecule has 4 rings (SSSR count). The van der Waals surface area contributed by atoms with E-state index in [0.29, 0.717) is 39.3 Å². The van der Waals surface area contributed by atoms with Gasteiger partial charge >= 0.3 is 6.03 Å². The lowest BCUT2D eigenvalue weighted by molar-refractivity contribution is -0.132. The highest BCUT2D eigenvalue weighted by Crippen LogP contribution is 2.20. The number of anilines is 1. The molecule has 1 aromatic heterocycles. The molecule has 0 bridgehead atoms. The summed E-state index contributed by atoms with van der Waals surface area (Å²) in [7, 11) is 0. The van der Waals surface area contributed by atoms with Gasteiger partial charge in [-0.1, -0.05) is 29.8 Å². The lowest BCUT2D eigenvalue weighted by atomic mass is 10.1. The van der Waals surface area contributed by atoms with E-state index in [1.165, 1.54) is 5.56 Å². The van der Waals surface area contributed by atoms with Crippen LogP contribution < -0.4 is 10.2 Å². The number of hydrogen-bond acceptors (Lipinski definition) is 6. The number of nitrogens with one attached hydrogen (secondary N) is 1. The molecule has 2 saturated heterocycles. The molecule has 0 saturated carbocycles. The number of aryl methyl sites for hydroxylation is 1. The topological polar surface area (TPSA) is 90.9 Å². The van der Waals surface area contributed by atoms with Crippen LogP contribution in [0, 0.1) is 6.92 Å². The maximum atomic E-state index is 13.1. The molecule has 0 unspecified atom stereocenters. The molecule has 36 heavy (non-hydrogen) atoms. The van der Waals surface area contributed by atoms with Gasteiger partial charge in [-0.2, -0.15) is 0 Å². The van der Waals surface area contributed by atoms with E-state index < -0.39 is 0 Å². The van der Waals surface area contributed by atoms with E-state index in [4.69, 9.17) is 4.74 Å². The van der Waals surface area contributed by atoms with E-state index in [-0.39, 0.29) is 30.1 Å². The van der Waals surface area contributed by atoms with E-state index in [1.54, 1.807) is 4.90 Å². The molecule has 9 nitrogen and oxygen atoms in total. The lowest BCUT2D eigenvalue weighted by Crippen LogP contribution is -2.55. The summed E-state index contributed by atoms with van der Waals surface area (Å²) in [5, 5.41) is 11.8. The average molecular weight is 495 g/mol. The Morgan fingerprint density at radius 2 is 1.78 bits per heavy atom. The largest absolute Gasteiger partial charge is 0.376 e. The average Bonchev–Trinajstić information content (AvgIpc) is 3.36. The Kier molecular flexibility index (Phi) is 8.08. The zero-order valence-corrected chi connectivity index (χ0v) is 21.9. The molecule has 2 aliphatic heterocycles. The maximum absolute atomic E-state index is 13.1. The summed E-state index contributed by atoms with van der Waals surface area (Å²) in [5.74, 6) is 0.764. The standard InChI is InChI=1S/C27H38N6O3/c1-20-7-9-21(10-8-20)23-11-12-24(30-29-23)31-13-15-32(16-14-31)25(34)19-33(18-22-6-5-17-36-22)26(35)28-27(2,3)4/h7-12,22H,5-6,13-19H2,1-4H3,(H,28,35)/t22-/m1/s1. The predicted octanol–water partition coefficient (Wildman–Crippen LogP) is 3.09. The summed E-state index contributed by atoms with van der Waals surface area (Å²) in [5.41, 5.74) is 2.71. The first-order chi connectivity index (χ1) is 17.2. The molecule has 0 radical (unpaired) electrons. The Labute approximate surface area is 213 Å². The zero-order valence-electron chi connectivity index (χ0n) is 21.9. The van der Waals surface area contributed by atoms with Crippen LogP contribution in [0.3, 0.4) is 0 Å². The quantitative estimate of drug-likeness (QED) is 0.664. The van der Waals surface area contributed by atoms with Crippen molar-refractivity contribution >= 4 is 17.8 Å². The van der Waals surface area contributed by atoms with Gasteiger partial charge in [0.1, 0.15) is 6.54 Å². The van der Waals surface area contributed by atoms with Crippen LogP contribution in [0.5, 0.6) is 0 Å². The Balaban J connectivity index is 1.32. The first-order valence-electron chi connectivity index (χ1n) is 12.8. The summed E-state index contributed by atoms with van der Waals surface area (Å²) >= 11 is 0. The SMILES string of the molecule is Cc1ccc(-c2ccc(N3CCN(C(=O)CN(C[C@H]4CCCO4)C(=O)NC(C)(C)C)CC3)nn2)cc1. The van der Waals surface area contributed by atoms with E-state index in [1.807, 2.05) is 49.9 Å². The van der Waals surface area contributed by atoms with E-state index in [9.17, 15) is 9.59 Å². The number of hydrogen-bond donors (Lipinski definition) is 1. The van der Waals surface area contributed by atoms with Crippen molar-refractivity contribution in [1.29, 1.82) is 0 Å². The van der Waals surface area contributed by atoms with Gasteiger partial charge in [0.15, 0.2) is 5.82 Å². The number of aromatic nitrogens is 2. The Hall–Kier alpha value is -3.20. The second kappa shape index (κ2) is 11.2. The van der Waals surface area contributed by atoms with Crippen molar-refractivity contribution in [2.75, 3.05) is 50.8 Å². The van der Waals surface area contributed by atoms with Crippen LogP contribution in [0.25, 0.3) is 11.3 Å². The summed E-state index contributed by atoms with van der Waals surface area (Å²) in [6.07, 6.45) is 1.89. The van der Waals surface area contributed by atoms with Gasteiger partial charge in [-0.05, 0) is 52.7 Å². The molecule has 1 N–H and O–H groups in total. The third-order valence-electron chi connectivity index (χ3n) is 6.50. The van der Waals surface area contributed by atoms with Crippen LogP contribution in [0.2, 0.25) is 0 Å². The van der Waals surface area contributed by atoms with Gasteiger partial charge in [-0.15, -0.1) is 10.2 Å². The summed E-state index contributed by atoms with van der Waals surface area (Å²) in [4.78, 5) is 31.6. The van der Waals surface area contributed by atoms with Crippen molar-refractivity contribution in [1.82, 2.24) is 25.3 Å². The number of amides is 3. The van der Waals surface area contributed by atoms with E-state index in [2.05, 4.69) is 39.5 Å². The molecular weight excluding hydrogens is 456 g/mol. The van der Waals surface area contributed by atoms with E-state index in [0.717, 1.165) is 29.9 Å². The molecule has 2 aromatic rings. The molecule has 2 aliphatic rings. The number of urea groups is 1. The van der Waals surface area contributed by atoms with Crippen molar-refractivity contribution in [3.63, 3.8) is 0 Å². The smallest absolute Gasteiger partial charge is 0.318 e. The molecule has 1 atom stereocenters. The maximum Gasteiger partial charge on any atom is 0.318 e. The molecule has 3 amide bonds. The zero-order chi connectivity index (χ0) is 25.7. The van der Waals surface area contributed by atoms with Crippen LogP contribution in [0.1, 0.15) is 39.2 Å². The van der Waals surface area contributed by atoms with Crippen molar-refractivity contribution < 1.29 is 14.3 Å². The lowest BCUT2D eigenvalue weighted by Gasteiger charge is -2.37. The Bertz CT molecular complexity index is 1020. The monoisotopic (exact) mass is 494 g/mol. The van der Waals surface area contributed by atoms with Crippen LogP contribution in [0.15, 0.2) is 36.4 Å². The first kappa shape index (κ1) is 25.9. The number of benzene rings is 1. The van der Waals surface area contributed by atoms with Crippen LogP contribution >= 0.6 is 0 Å². The highest BCUT2D eigenvalue weighted by atomic mass is 16.5. The van der Waals surface area contributed by atoms with Crippen molar-refractivity contribution in [2.24, 2.45) is 0 Å². The van der Waals surface area contributed by atoms with Crippen LogP contribution in [-0.2, 0) is 9.53 Å². The molecule has 0 spiro atoms. The molecular formula is C27H38N6O3. The number of piperazine rings is 1. The van der Waals surface area contributed by atoms with Gasteiger partial charge in [0.25, 0.3) is 0 Å². The van der Waals surface area contributed by atoms with E-state index >= 15 is 0 Å². The molecule has 1 aromatic carbocycles. The molecule has 2 fully saturated rings. The van der Waals surface area contributed by atoms with Gasteiger partial charge in [0, 0.05) is 50.4 Å². The molecule has 9 heteroatoms. The fourth-order valence-electron chi connectivity index (χ4n) is 4.47. The number of nitrogens with zero attached hydrogens (tertiary/aromatic N) is 5. The first-order valence-corrected chi connectivity index (χ1v) is 12.8. The van der Waals surface area contributed by atoms with Crippen molar-refractivity contribution in [3.8, 4) is 11.3 Å². The second-order valence-electron chi connectivity index (χ2n) is 10.7. The molecule has 194 valence electrons. The fourth-order valence-corrected chi connectivity index (χ4v) is 4.47. The number of ether oxygens (including phenoxy) is 1. The van der Waals surface area contributed by atoms with Gasteiger partial charge < -0.3 is 24.8 Å². The number of carbonyl (C=O) groups excluding carboxylic acids is 2. The third kappa shape index (κ3) is 6.94. The number of rotatable bonds is 6. The summed E-state index contributed by atoms with van der Waals surface area (Å²) in [6, 6.07) is 12.0. The second-order valence-corrected chi connectivity index (χ2v) is 10.7. The minimum Gasteiger partial charge on any atom is -0.376 e. The van der Waals surface area contributed by atoms with Gasteiger partial charge in [0.2, 0.25) is 5.91 Å². The van der Waals surface area contributed by atoms with Gasteiger partial charge in [-0.25, -0.2) is 4.79 Å². The summed E-state index contributed by atoms with van der Waals surface area (Å²) < 4.78 is 5.73. The van der Waals surface area contributed by atoms with Gasteiger partial charge in [-0.3, -0.25) is 4.79 Å². The molecule has 3 heterocycles. The van der Waals surface area contributed by atoms with Crippen molar-refractivity contribution in [2.45, 2.75) is 52.2 Å². The van der Waals surface area contributed by atoms with Gasteiger partial charge in [0.05, 0.1) is 11.8 Å². The Morgan fingerprint density at radius 3 is 2.36 bits per heavy atom. The minimum absolute atomic E-state index is 0.0122. The Morgan fingerprint density at radius 1 is 1.06 bits per heavy atom. The minimum atomic E-state index is -0.378. The number of carbonyl (C=O) groups is 2.